The van der Waals surface area contributed by atoms with Crippen LogP contribution in [0.1, 0.15) is 48.5 Å². The van der Waals surface area contributed by atoms with Gasteiger partial charge in [-0.25, -0.2) is 26.9 Å². The lowest BCUT2D eigenvalue weighted by Gasteiger charge is -2.35. The van der Waals surface area contributed by atoms with Crippen LogP contribution in [-0.2, 0) is 10.0 Å². The molecule has 3 aromatic rings. The molecule has 1 atom stereocenters. The zero-order chi connectivity index (χ0) is 26.7. The van der Waals surface area contributed by atoms with Crippen LogP contribution in [0.5, 0.6) is 0 Å². The van der Waals surface area contributed by atoms with E-state index in [2.05, 4.69) is 25.0 Å². The number of pyridine rings is 1. The summed E-state index contributed by atoms with van der Waals surface area (Å²) in [7, 11) is -3.74. The van der Waals surface area contributed by atoms with Crippen LogP contribution < -0.4 is 14.9 Å². The predicted octanol–water partition coefficient (Wildman–Crippen LogP) is 3.38. The zero-order valence-electron chi connectivity index (χ0n) is 20.5. The Hall–Kier alpha value is -3.32. The number of anilines is 3. The van der Waals surface area contributed by atoms with Gasteiger partial charge in [-0.1, -0.05) is 0 Å². The number of sulfonamides is 1. The van der Waals surface area contributed by atoms with E-state index in [0.717, 1.165) is 25.9 Å². The molecule has 10 nitrogen and oxygen atoms in total. The molecule has 3 heterocycles. The molecule has 6 rings (SSSR count). The quantitative estimate of drug-likeness (QED) is 0.395. The molecule has 0 bridgehead atoms. The lowest BCUT2D eigenvalue weighted by molar-refractivity contribution is 0.0988. The highest BCUT2D eigenvalue weighted by molar-refractivity contribution is 7.92. The molecular weight excluding hydrogens is 518 g/mol. The van der Waals surface area contributed by atoms with Crippen LogP contribution in [0.2, 0.25) is 0 Å². The van der Waals surface area contributed by atoms with E-state index in [1.54, 1.807) is 24.3 Å². The summed E-state index contributed by atoms with van der Waals surface area (Å²) >= 11 is 0. The molecule has 202 valence electrons. The minimum atomic E-state index is -3.74. The topological polar surface area (TPSA) is 129 Å². The number of aromatic nitrogens is 3. The molecule has 1 aliphatic heterocycles. The third kappa shape index (κ3) is 4.80. The predicted molar refractivity (Wildman–Crippen MR) is 138 cm³/mol. The van der Waals surface area contributed by atoms with Crippen molar-refractivity contribution < 1.29 is 27.1 Å². The van der Waals surface area contributed by atoms with Crippen molar-refractivity contribution in [1.82, 2.24) is 14.8 Å². The summed E-state index contributed by atoms with van der Waals surface area (Å²) in [5, 5.41) is 16.5. The Labute approximate surface area is 218 Å². The molecule has 2 aromatic heterocycles. The van der Waals surface area contributed by atoms with Gasteiger partial charge in [0.1, 0.15) is 11.9 Å². The van der Waals surface area contributed by atoms with Crippen LogP contribution in [0.25, 0.3) is 11.0 Å². The van der Waals surface area contributed by atoms with E-state index in [9.17, 15) is 22.0 Å². The number of halogens is 2. The first-order valence-electron chi connectivity index (χ1n) is 12.6. The Morgan fingerprint density at radius 2 is 1.87 bits per heavy atom. The minimum absolute atomic E-state index is 0.197. The van der Waals surface area contributed by atoms with Gasteiger partial charge in [-0.2, -0.15) is 5.10 Å². The highest BCUT2D eigenvalue weighted by atomic mass is 32.2. The molecule has 0 radical (unpaired) electrons. The number of nitrogens with zero attached hydrogens (tertiary/aromatic N) is 4. The van der Waals surface area contributed by atoms with Crippen LogP contribution in [-0.4, -0.2) is 65.6 Å². The van der Waals surface area contributed by atoms with Crippen LogP contribution in [0.15, 0.2) is 36.5 Å². The zero-order valence-corrected chi connectivity index (χ0v) is 21.3. The van der Waals surface area contributed by atoms with Crippen molar-refractivity contribution in [3.63, 3.8) is 0 Å². The van der Waals surface area contributed by atoms with Gasteiger partial charge in [-0.3, -0.25) is 9.52 Å². The lowest BCUT2D eigenvalue weighted by Crippen LogP contribution is -2.35. The number of hydrogen-bond donors (Lipinski definition) is 3. The number of hydrogen-bond acceptors (Lipinski definition) is 7. The molecule has 2 aliphatic carbocycles. The van der Waals surface area contributed by atoms with E-state index in [1.165, 1.54) is 29.8 Å². The number of benzene rings is 1. The SMILES string of the molecule is O=C(Nc1ccc2cnn(C3CC3(F)F)c2n1)c1ccc(NS(=O)(=O)CCO)cc1N1CCC2(CC1)CC2. The van der Waals surface area contributed by atoms with Crippen LogP contribution in [0, 0.1) is 5.41 Å². The van der Waals surface area contributed by atoms with Crippen molar-refractivity contribution >= 4 is 44.2 Å². The van der Waals surface area contributed by atoms with E-state index in [0.29, 0.717) is 27.7 Å². The Bertz CT molecular complexity index is 1510. The van der Waals surface area contributed by atoms with Crippen LogP contribution in [0.4, 0.5) is 26.0 Å². The third-order valence-corrected chi connectivity index (χ3v) is 9.04. The van der Waals surface area contributed by atoms with Crippen LogP contribution in [0.3, 0.4) is 0 Å². The lowest BCUT2D eigenvalue weighted by atomic mass is 9.93. The number of amides is 1. The van der Waals surface area contributed by atoms with E-state index in [1.807, 2.05) is 0 Å². The maximum absolute atomic E-state index is 13.7. The van der Waals surface area contributed by atoms with Crippen molar-refractivity contribution in [2.24, 2.45) is 5.41 Å². The average molecular weight is 547 g/mol. The third-order valence-electron chi connectivity index (χ3n) is 7.77. The van der Waals surface area contributed by atoms with E-state index >= 15 is 0 Å². The van der Waals surface area contributed by atoms with Crippen molar-refractivity contribution in [2.45, 2.75) is 44.1 Å². The Balaban J connectivity index is 1.28. The van der Waals surface area contributed by atoms with E-state index in [-0.39, 0.29) is 17.9 Å². The maximum atomic E-state index is 13.7. The summed E-state index contributed by atoms with van der Waals surface area (Å²) in [6.45, 7) is 0.976. The van der Waals surface area contributed by atoms with Crippen molar-refractivity contribution in [1.29, 1.82) is 0 Å². The van der Waals surface area contributed by atoms with Gasteiger partial charge in [0.25, 0.3) is 11.8 Å². The summed E-state index contributed by atoms with van der Waals surface area (Å²) in [5.74, 6) is -3.51. The summed E-state index contributed by atoms with van der Waals surface area (Å²) in [4.78, 5) is 19.9. The Kier molecular flexibility index (Phi) is 5.83. The molecule has 3 fully saturated rings. The molecular formula is C25H28F2N6O4S. The Morgan fingerprint density at radius 3 is 2.53 bits per heavy atom. The maximum Gasteiger partial charge on any atom is 0.272 e. The minimum Gasteiger partial charge on any atom is -0.395 e. The summed E-state index contributed by atoms with van der Waals surface area (Å²) in [6.07, 6.45) is 5.61. The average Bonchev–Trinajstić information content (AvgIpc) is 3.71. The Morgan fingerprint density at radius 1 is 1.13 bits per heavy atom. The molecule has 1 saturated heterocycles. The number of fused-ring (bicyclic) bond motifs is 1. The van der Waals surface area contributed by atoms with Gasteiger partial charge in [0.05, 0.1) is 35.5 Å². The van der Waals surface area contributed by atoms with Crippen molar-refractivity contribution in [3.05, 3.63) is 42.1 Å². The number of piperidine rings is 1. The fourth-order valence-corrected chi connectivity index (χ4v) is 5.99. The van der Waals surface area contributed by atoms with Gasteiger partial charge in [0, 0.05) is 24.9 Å². The number of nitrogens with one attached hydrogen (secondary N) is 2. The molecule has 38 heavy (non-hydrogen) atoms. The highest BCUT2D eigenvalue weighted by Crippen LogP contribution is 2.54. The van der Waals surface area contributed by atoms with Gasteiger partial charge < -0.3 is 15.3 Å². The summed E-state index contributed by atoms with van der Waals surface area (Å²) in [6, 6.07) is 6.90. The largest absolute Gasteiger partial charge is 0.395 e. The molecule has 1 spiro atoms. The fourth-order valence-electron chi connectivity index (χ4n) is 5.17. The van der Waals surface area contributed by atoms with Gasteiger partial charge in [-0.15, -0.1) is 0 Å². The fraction of sp³-hybridized carbons (Fsp3) is 0.480. The number of alkyl halides is 2. The van der Waals surface area contributed by atoms with Gasteiger partial charge in [0.2, 0.25) is 10.0 Å². The van der Waals surface area contributed by atoms with Gasteiger partial charge in [-0.05, 0) is 61.4 Å². The number of rotatable bonds is 8. The standard InChI is InChI=1S/C25H28F2N6O4S/c26-25(27)14-20(25)33-22-16(15-28-33)1-4-21(29-22)30-23(35)18-3-2-17(31-38(36,37)12-11-34)13-19(18)32-9-7-24(5-6-24)8-10-32/h1-4,13,15,20,31,34H,5-12,14H2,(H,29,30,35). The van der Waals surface area contributed by atoms with E-state index < -0.39 is 40.3 Å². The van der Waals surface area contributed by atoms with Crippen LogP contribution >= 0.6 is 0 Å². The summed E-state index contributed by atoms with van der Waals surface area (Å²) < 4.78 is 55.4. The van der Waals surface area contributed by atoms with Gasteiger partial charge >= 0.3 is 0 Å². The molecule has 1 aromatic carbocycles. The first-order valence-corrected chi connectivity index (χ1v) is 14.3. The number of aliphatic hydroxyl groups is 1. The smallest absolute Gasteiger partial charge is 0.272 e. The van der Waals surface area contributed by atoms with Gasteiger partial charge in [0.15, 0.2) is 5.65 Å². The molecule has 3 aliphatic rings. The molecule has 1 amide bonds. The number of carbonyl (C=O) groups excluding carboxylic acids is 1. The summed E-state index contributed by atoms with van der Waals surface area (Å²) in [5.41, 5.74) is 1.90. The molecule has 2 saturated carbocycles. The van der Waals surface area contributed by atoms with Crippen molar-refractivity contribution in [3.8, 4) is 0 Å². The number of carbonyl (C=O) groups is 1. The number of aliphatic hydroxyl groups excluding tert-OH is 1. The first kappa shape index (κ1) is 25.0. The second-order valence-corrected chi connectivity index (χ2v) is 12.3. The highest BCUT2D eigenvalue weighted by Gasteiger charge is 2.59. The first-order chi connectivity index (χ1) is 18.1. The molecule has 13 heteroatoms. The monoisotopic (exact) mass is 546 g/mol. The normalized spacial score (nSPS) is 21.4. The van der Waals surface area contributed by atoms with E-state index in [4.69, 9.17) is 5.11 Å². The molecule has 1 unspecified atom stereocenters. The van der Waals surface area contributed by atoms with Crippen molar-refractivity contribution in [2.75, 3.05) is 40.4 Å². The second-order valence-electron chi connectivity index (χ2n) is 10.5. The second kappa shape index (κ2) is 8.87. The molecule has 3 N–H and O–H groups in total.